The van der Waals surface area contributed by atoms with E-state index in [1.165, 1.54) is 22.1 Å². The number of ether oxygens (including phenoxy) is 1. The normalized spacial score (nSPS) is 12.1. The van der Waals surface area contributed by atoms with Crippen LogP contribution in [0.1, 0.15) is 6.92 Å². The Morgan fingerprint density at radius 3 is 2.12 bits per heavy atom. The number of likely N-dealkylation sites (N-methyl/N-ethyl adjacent to an activating group) is 3. The minimum Gasteiger partial charge on any atom is -0.457 e. The highest BCUT2D eigenvalue weighted by Crippen LogP contribution is 2.29. The average Bonchev–Trinajstić information content (AvgIpc) is 2.98. The third-order valence-corrected chi connectivity index (χ3v) is 6.23. The number of anilines is 3. The van der Waals surface area contributed by atoms with Gasteiger partial charge in [-0.3, -0.25) is 14.5 Å². The Kier molecular flexibility index (Phi) is 11.2. The second-order valence-electron chi connectivity index (χ2n) is 9.69. The molecule has 3 aromatic rings. The van der Waals surface area contributed by atoms with E-state index in [2.05, 4.69) is 11.6 Å². The molecule has 0 aliphatic heterocycles. The number of amidine groups is 1. The smallest absolute Gasteiger partial charge is 0.250 e. The van der Waals surface area contributed by atoms with Crippen molar-refractivity contribution in [3.05, 3.63) is 115 Å². The van der Waals surface area contributed by atoms with Crippen LogP contribution in [0.3, 0.4) is 0 Å². The molecule has 0 saturated heterocycles. The number of allylic oxidation sites excluding steroid dienone is 1. The van der Waals surface area contributed by atoms with E-state index in [0.29, 0.717) is 41.5 Å². The molecule has 0 aromatic heterocycles. The first kappa shape index (κ1) is 31.4. The molecule has 0 spiro atoms. The van der Waals surface area contributed by atoms with Crippen LogP contribution in [0.15, 0.2) is 120 Å². The Hall–Kier alpha value is -5.15. The first-order chi connectivity index (χ1) is 20.2. The number of hydrogen-bond donors (Lipinski definition) is 1. The van der Waals surface area contributed by atoms with E-state index in [9.17, 15) is 9.59 Å². The Bertz CT molecular complexity index is 1460. The van der Waals surface area contributed by atoms with E-state index >= 15 is 0 Å². The molecule has 0 aliphatic rings. The van der Waals surface area contributed by atoms with Gasteiger partial charge in [0.05, 0.1) is 5.69 Å². The van der Waals surface area contributed by atoms with Crippen LogP contribution in [0.4, 0.5) is 17.1 Å². The molecule has 3 aromatic carbocycles. The van der Waals surface area contributed by atoms with E-state index in [0.717, 1.165) is 11.4 Å². The van der Waals surface area contributed by atoms with Crippen LogP contribution in [0, 0.1) is 0 Å². The van der Waals surface area contributed by atoms with Crippen molar-refractivity contribution >= 4 is 35.2 Å². The van der Waals surface area contributed by atoms with Crippen LogP contribution < -0.4 is 25.2 Å². The number of nitrogens with zero attached hydrogens (tertiary/aromatic N) is 5. The van der Waals surface area contributed by atoms with Crippen molar-refractivity contribution in [3.63, 3.8) is 0 Å². The van der Waals surface area contributed by atoms with E-state index in [-0.39, 0.29) is 11.7 Å². The predicted molar refractivity (Wildman–Crippen MR) is 172 cm³/mol. The summed E-state index contributed by atoms with van der Waals surface area (Å²) < 4.78 is 5.92. The van der Waals surface area contributed by atoms with E-state index in [1.54, 1.807) is 44.3 Å². The van der Waals surface area contributed by atoms with Gasteiger partial charge < -0.3 is 25.2 Å². The van der Waals surface area contributed by atoms with Gasteiger partial charge in [-0.1, -0.05) is 36.9 Å². The summed E-state index contributed by atoms with van der Waals surface area (Å²) in [7, 11) is 7.37. The van der Waals surface area contributed by atoms with Crippen LogP contribution in [0.2, 0.25) is 0 Å². The lowest BCUT2D eigenvalue weighted by atomic mass is 10.2. The Balaban J connectivity index is 1.91. The lowest BCUT2D eigenvalue weighted by Crippen LogP contribution is -2.38. The lowest BCUT2D eigenvalue weighted by molar-refractivity contribution is -0.114. The molecule has 0 saturated carbocycles. The standard InChI is InChI=1S/C33H38N6O3/c1-7-35-33(39(24-40)28-14-11-13-27(23-28)37(5)31(41)17-12-22-36(3)4)32(25(2)34)38(6)26-18-20-30(21-19-26)42-29-15-9-8-10-16-29/h7-21,23-24H,1,22,34H2,2-6H3/b17-12+,32-25-,35-33?. The molecule has 42 heavy (non-hydrogen) atoms. The molecule has 3 rings (SSSR count). The lowest BCUT2D eigenvalue weighted by Gasteiger charge is -2.30. The third-order valence-electron chi connectivity index (χ3n) is 6.23. The summed E-state index contributed by atoms with van der Waals surface area (Å²) in [6, 6.07) is 24.1. The van der Waals surface area contributed by atoms with Gasteiger partial charge in [-0.15, -0.1) is 0 Å². The van der Waals surface area contributed by atoms with E-state index in [1.807, 2.05) is 85.5 Å². The third kappa shape index (κ3) is 8.18. The maximum absolute atomic E-state index is 12.7. The summed E-state index contributed by atoms with van der Waals surface area (Å²) in [5.74, 6) is 1.49. The zero-order valence-corrected chi connectivity index (χ0v) is 24.8. The summed E-state index contributed by atoms with van der Waals surface area (Å²) >= 11 is 0. The van der Waals surface area contributed by atoms with Crippen molar-refractivity contribution in [2.45, 2.75) is 6.92 Å². The number of carbonyl (C=O) groups excluding carboxylic acids is 2. The van der Waals surface area contributed by atoms with Crippen LogP contribution in [-0.4, -0.2) is 57.8 Å². The van der Waals surface area contributed by atoms with Crippen molar-refractivity contribution in [1.29, 1.82) is 0 Å². The molecule has 9 nitrogen and oxygen atoms in total. The largest absolute Gasteiger partial charge is 0.457 e. The van der Waals surface area contributed by atoms with Crippen molar-refractivity contribution in [1.82, 2.24) is 4.90 Å². The van der Waals surface area contributed by atoms with Crippen LogP contribution in [0.25, 0.3) is 0 Å². The number of rotatable bonds is 12. The van der Waals surface area contributed by atoms with Crippen molar-refractivity contribution in [2.24, 2.45) is 10.7 Å². The van der Waals surface area contributed by atoms with Gasteiger partial charge in [-0.05, 0) is 75.6 Å². The molecule has 0 aliphatic carbocycles. The molecule has 0 radical (unpaired) electrons. The Morgan fingerprint density at radius 1 is 0.881 bits per heavy atom. The fourth-order valence-corrected chi connectivity index (χ4v) is 4.09. The minimum atomic E-state index is -0.190. The summed E-state index contributed by atoms with van der Waals surface area (Å²) in [5, 5.41) is 0. The zero-order valence-electron chi connectivity index (χ0n) is 24.8. The highest BCUT2D eigenvalue weighted by atomic mass is 16.5. The minimum absolute atomic E-state index is 0.190. The van der Waals surface area contributed by atoms with E-state index < -0.39 is 0 Å². The number of carbonyl (C=O) groups is 2. The molecule has 0 atom stereocenters. The van der Waals surface area contributed by atoms with Gasteiger partial charge in [0, 0.05) is 50.0 Å². The second-order valence-corrected chi connectivity index (χ2v) is 9.69. The van der Waals surface area contributed by atoms with Gasteiger partial charge in [-0.2, -0.15) is 0 Å². The average molecular weight is 567 g/mol. The topological polar surface area (TPSA) is 94.7 Å². The zero-order chi connectivity index (χ0) is 30.6. The van der Waals surface area contributed by atoms with Crippen molar-refractivity contribution in [3.8, 4) is 11.5 Å². The number of hydrogen-bond acceptors (Lipinski definition) is 7. The first-order valence-corrected chi connectivity index (χ1v) is 13.3. The molecule has 0 unspecified atom stereocenters. The van der Waals surface area contributed by atoms with Gasteiger partial charge in [0.15, 0.2) is 5.84 Å². The van der Waals surface area contributed by atoms with Gasteiger partial charge in [0.2, 0.25) is 12.3 Å². The van der Waals surface area contributed by atoms with Crippen LogP contribution >= 0.6 is 0 Å². The monoisotopic (exact) mass is 566 g/mol. The van der Waals surface area contributed by atoms with Gasteiger partial charge in [-0.25, -0.2) is 4.99 Å². The molecule has 2 amide bonds. The molecular formula is C33H38N6O3. The molecule has 218 valence electrons. The summed E-state index contributed by atoms with van der Waals surface area (Å²) in [4.78, 5) is 36.5. The van der Waals surface area contributed by atoms with E-state index in [4.69, 9.17) is 10.5 Å². The van der Waals surface area contributed by atoms with Crippen LogP contribution in [0.5, 0.6) is 11.5 Å². The maximum Gasteiger partial charge on any atom is 0.250 e. The predicted octanol–water partition coefficient (Wildman–Crippen LogP) is 5.39. The number of para-hydroxylation sites is 1. The summed E-state index contributed by atoms with van der Waals surface area (Å²) in [6.07, 6.45) is 5.34. The SMILES string of the molecule is C=CN=C(/C(=C(\C)N)N(C)c1ccc(Oc2ccccc2)cc1)N(C=O)c1cccc(N(C)C(=O)/C=C/CN(C)C)c1. The highest BCUT2D eigenvalue weighted by molar-refractivity contribution is 6.20. The van der Waals surface area contributed by atoms with Crippen molar-refractivity contribution in [2.75, 3.05) is 49.4 Å². The number of amides is 2. The second kappa shape index (κ2) is 15.0. The maximum atomic E-state index is 12.7. The Morgan fingerprint density at radius 2 is 1.52 bits per heavy atom. The van der Waals surface area contributed by atoms with Crippen molar-refractivity contribution < 1.29 is 14.3 Å². The molecule has 0 bridgehead atoms. The fourth-order valence-electron chi connectivity index (χ4n) is 4.09. The van der Waals surface area contributed by atoms with Gasteiger partial charge in [0.25, 0.3) is 0 Å². The summed E-state index contributed by atoms with van der Waals surface area (Å²) in [5.41, 5.74) is 9.22. The quantitative estimate of drug-likeness (QED) is 0.137. The number of aliphatic imine (C=N–C) groups is 1. The van der Waals surface area contributed by atoms with Gasteiger partial charge >= 0.3 is 0 Å². The molecule has 9 heteroatoms. The van der Waals surface area contributed by atoms with Gasteiger partial charge in [0.1, 0.15) is 17.2 Å². The number of nitrogens with two attached hydrogens (primary N) is 1. The fraction of sp³-hybridized carbons (Fsp3) is 0.182. The van der Waals surface area contributed by atoms with Crippen LogP contribution in [-0.2, 0) is 9.59 Å². The molecule has 2 N–H and O–H groups in total. The molecular weight excluding hydrogens is 528 g/mol. The molecule has 0 heterocycles. The number of benzene rings is 3. The Labute approximate surface area is 248 Å². The molecule has 0 fully saturated rings. The highest BCUT2D eigenvalue weighted by Gasteiger charge is 2.24. The summed E-state index contributed by atoms with van der Waals surface area (Å²) in [6.45, 7) is 6.14. The first-order valence-electron chi connectivity index (χ1n) is 13.3.